The van der Waals surface area contributed by atoms with Crippen LogP contribution in [0, 0.1) is 0 Å². The van der Waals surface area contributed by atoms with Gasteiger partial charge in [0.2, 0.25) is 0 Å². The zero-order valence-electron chi connectivity index (χ0n) is 23.1. The number of imidazole rings is 2. The van der Waals surface area contributed by atoms with Crippen molar-refractivity contribution in [1.82, 2.24) is 23.6 Å². The molecular weight excluding hydrogens is 510 g/mol. The summed E-state index contributed by atoms with van der Waals surface area (Å²) in [4.78, 5) is 32.0. The third-order valence-electron chi connectivity index (χ3n) is 6.66. The van der Waals surface area contributed by atoms with Crippen molar-refractivity contribution in [3.8, 4) is 0 Å². The van der Waals surface area contributed by atoms with E-state index in [0.717, 1.165) is 33.5 Å². The largest absolute Gasteiger partial charge is 0.345 e. The topological polar surface area (TPSA) is 82.1 Å². The first-order valence-electron chi connectivity index (χ1n) is 12.7. The Kier molecular flexibility index (Phi) is 8.11. The Balaban J connectivity index is 0.000000531. The van der Waals surface area contributed by atoms with E-state index < -0.39 is 9.52 Å². The van der Waals surface area contributed by atoms with Crippen molar-refractivity contribution in [2.45, 2.75) is 20.0 Å². The van der Waals surface area contributed by atoms with Crippen molar-refractivity contribution in [1.29, 1.82) is 0 Å². The summed E-state index contributed by atoms with van der Waals surface area (Å²) in [7, 11) is 3.78. The highest BCUT2D eigenvalue weighted by atomic mass is 32.2. The smallest absolute Gasteiger partial charge is 0.329 e. The summed E-state index contributed by atoms with van der Waals surface area (Å²) in [5.74, 6) is 4.89. The Bertz CT molecular complexity index is 1790. The highest BCUT2D eigenvalue weighted by Gasteiger charge is 2.16. The van der Waals surface area contributed by atoms with Gasteiger partial charge in [-0.25, -0.2) is 9.78 Å². The number of hydrogen-bond acceptors (Lipinski definition) is 4. The lowest BCUT2D eigenvalue weighted by atomic mass is 10.1. The first kappa shape index (κ1) is 27.9. The molecule has 8 nitrogen and oxygen atoms in total. The molecule has 0 fully saturated rings. The fourth-order valence-corrected chi connectivity index (χ4v) is 4.25. The molecule has 0 aliphatic rings. The molecule has 9 heteroatoms. The molecule has 1 unspecified atom stereocenters. The van der Waals surface area contributed by atoms with E-state index in [4.69, 9.17) is 4.98 Å². The Morgan fingerprint density at radius 3 is 1.92 bits per heavy atom. The number of rotatable bonds is 6. The van der Waals surface area contributed by atoms with Gasteiger partial charge in [0.15, 0.2) is 0 Å². The van der Waals surface area contributed by atoms with E-state index in [2.05, 4.69) is 5.87 Å². The van der Waals surface area contributed by atoms with Crippen LogP contribution in [-0.2, 0) is 29.7 Å². The molecule has 0 bridgehead atoms. The number of aryl methyl sites for hydroxylation is 1. The van der Waals surface area contributed by atoms with E-state index in [1.54, 1.807) is 46.5 Å². The van der Waals surface area contributed by atoms with Gasteiger partial charge in [-0.2, -0.15) is 0 Å². The predicted octanol–water partition coefficient (Wildman–Crippen LogP) is 3.84. The van der Waals surface area contributed by atoms with Crippen LogP contribution < -0.4 is 5.69 Å². The summed E-state index contributed by atoms with van der Waals surface area (Å²) in [5, 5.41) is 0. The number of carbonyl (C=O) groups excluding carboxylic acids is 1. The Morgan fingerprint density at radius 1 is 0.897 bits per heavy atom. The maximum atomic E-state index is 13.5. The molecule has 2 aromatic heterocycles. The molecule has 0 spiro atoms. The number of hydrogen-bond donors (Lipinski definition) is 0. The maximum absolute atomic E-state index is 13.5. The van der Waals surface area contributed by atoms with Crippen LogP contribution in [0.1, 0.15) is 28.7 Å². The zero-order chi connectivity index (χ0) is 28.3. The van der Waals surface area contributed by atoms with Gasteiger partial charge in [0.05, 0.1) is 35.2 Å². The van der Waals surface area contributed by atoms with Gasteiger partial charge < -0.3 is 9.47 Å². The molecule has 0 aliphatic heterocycles. The standard InChI is InChI=1S/C26H25N5O2.C4H10OS/c1-28(2)25(32)19-14-12-18(13-15-19)16-30-22-10-6-7-11-23(22)31(26(30)33)17-24-27-20-8-4-5-9-21(20)29(24)3;1-4-6(2,3)5/h4-15H,16-17H2,1-3H3;2,4H2,1,3H3. The van der Waals surface area contributed by atoms with Crippen molar-refractivity contribution in [3.63, 3.8) is 0 Å². The average Bonchev–Trinajstić information content (AvgIpc) is 3.38. The maximum Gasteiger partial charge on any atom is 0.329 e. The quantitative estimate of drug-likeness (QED) is 0.304. The molecule has 0 saturated heterocycles. The average molecular weight is 546 g/mol. The lowest BCUT2D eigenvalue weighted by molar-refractivity contribution is 0.0827. The molecule has 0 saturated carbocycles. The second-order valence-electron chi connectivity index (χ2n) is 9.89. The summed E-state index contributed by atoms with van der Waals surface area (Å²) >= 11 is 0. The number of amides is 1. The Labute approximate surface area is 229 Å². The van der Waals surface area contributed by atoms with Crippen LogP contribution in [-0.4, -0.2) is 65.7 Å². The lowest BCUT2D eigenvalue weighted by Gasteiger charge is -2.10. The number of benzene rings is 3. The Hall–Kier alpha value is -4.11. The van der Waals surface area contributed by atoms with Gasteiger partial charge in [-0.15, -0.1) is 0 Å². The van der Waals surface area contributed by atoms with Crippen molar-refractivity contribution < 1.29 is 9.00 Å². The van der Waals surface area contributed by atoms with Gasteiger partial charge >= 0.3 is 5.69 Å². The first-order valence-corrected chi connectivity index (χ1v) is 15.0. The lowest BCUT2D eigenvalue weighted by Crippen LogP contribution is -2.26. The van der Waals surface area contributed by atoms with E-state index in [1.165, 1.54) is 0 Å². The van der Waals surface area contributed by atoms with Gasteiger partial charge in [0.25, 0.3) is 5.91 Å². The minimum atomic E-state index is -1.66. The van der Waals surface area contributed by atoms with Crippen molar-refractivity contribution in [2.24, 2.45) is 7.05 Å². The second kappa shape index (κ2) is 11.3. The fourth-order valence-electron chi connectivity index (χ4n) is 4.25. The minimum absolute atomic E-state index is 0.0437. The molecule has 0 N–H and O–H groups in total. The van der Waals surface area contributed by atoms with Crippen LogP contribution in [0.3, 0.4) is 0 Å². The van der Waals surface area contributed by atoms with E-state index in [1.807, 2.05) is 79.2 Å². The van der Waals surface area contributed by atoms with Crippen LogP contribution in [0.2, 0.25) is 0 Å². The Morgan fingerprint density at radius 2 is 1.41 bits per heavy atom. The molecule has 204 valence electrons. The predicted molar refractivity (Wildman–Crippen MR) is 161 cm³/mol. The summed E-state index contributed by atoms with van der Waals surface area (Å²) in [6.45, 7) is 2.68. The van der Waals surface area contributed by atoms with Crippen LogP contribution in [0.25, 0.3) is 22.1 Å². The van der Waals surface area contributed by atoms with E-state index in [-0.39, 0.29) is 11.6 Å². The van der Waals surface area contributed by atoms with Crippen LogP contribution >= 0.6 is 0 Å². The van der Waals surface area contributed by atoms with Gasteiger partial charge in [0.1, 0.15) is 5.82 Å². The van der Waals surface area contributed by atoms with Gasteiger partial charge in [-0.05, 0) is 57.4 Å². The van der Waals surface area contributed by atoms with E-state index in [9.17, 15) is 13.8 Å². The molecule has 1 atom stereocenters. The van der Waals surface area contributed by atoms with Gasteiger partial charge in [0, 0.05) is 38.7 Å². The van der Waals surface area contributed by atoms with Crippen molar-refractivity contribution >= 4 is 43.4 Å². The first-order chi connectivity index (χ1) is 18.5. The number of aromatic nitrogens is 4. The molecule has 1 amide bonds. The van der Waals surface area contributed by atoms with Gasteiger partial charge in [-0.1, -0.05) is 43.3 Å². The molecule has 39 heavy (non-hydrogen) atoms. The molecule has 0 radical (unpaired) electrons. The van der Waals surface area contributed by atoms with Crippen LogP contribution in [0.4, 0.5) is 0 Å². The minimum Gasteiger partial charge on any atom is -0.345 e. The number of para-hydroxylation sites is 4. The van der Waals surface area contributed by atoms with Crippen LogP contribution in [0.5, 0.6) is 0 Å². The van der Waals surface area contributed by atoms with Gasteiger partial charge in [-0.3, -0.25) is 18.1 Å². The van der Waals surface area contributed by atoms with E-state index >= 15 is 0 Å². The van der Waals surface area contributed by atoms with Crippen molar-refractivity contribution in [3.05, 3.63) is 100 Å². The van der Waals surface area contributed by atoms with E-state index in [0.29, 0.717) is 24.4 Å². The summed E-state index contributed by atoms with van der Waals surface area (Å²) < 4.78 is 16.0. The highest BCUT2D eigenvalue weighted by Crippen LogP contribution is 2.19. The molecule has 0 aliphatic carbocycles. The number of fused-ring (bicyclic) bond motifs is 2. The highest BCUT2D eigenvalue weighted by molar-refractivity contribution is 7.99. The summed E-state index contributed by atoms with van der Waals surface area (Å²) in [6.07, 6.45) is 1.66. The third kappa shape index (κ3) is 6.15. The molecule has 3 aromatic carbocycles. The summed E-state index contributed by atoms with van der Waals surface area (Å²) in [6, 6.07) is 23.2. The number of carbonyl (C=O) groups is 1. The normalized spacial score (nSPS) is 12.6. The fraction of sp³-hybridized carbons (Fsp3) is 0.267. The molecule has 5 aromatic rings. The summed E-state index contributed by atoms with van der Waals surface area (Å²) in [5.41, 5.74) is 5.19. The SMILES string of the molecule is C=S(C)(=O)CC.CN(C)C(=O)c1ccc(Cn2c(=O)n(Cc3nc4ccccc4n3C)c3ccccc32)cc1. The van der Waals surface area contributed by atoms with Crippen LogP contribution in [0.15, 0.2) is 77.6 Å². The molecular formula is C30H35N5O3S. The van der Waals surface area contributed by atoms with Crippen molar-refractivity contribution in [2.75, 3.05) is 26.1 Å². The monoisotopic (exact) mass is 545 g/mol. The third-order valence-corrected chi connectivity index (χ3v) is 7.88. The molecule has 2 heterocycles. The molecule has 5 rings (SSSR count). The zero-order valence-corrected chi connectivity index (χ0v) is 23.9. The number of nitrogens with zero attached hydrogens (tertiary/aromatic N) is 5. The second-order valence-corrected chi connectivity index (χ2v) is 12.8.